The van der Waals surface area contributed by atoms with Gasteiger partial charge in [-0.15, -0.1) is 0 Å². The van der Waals surface area contributed by atoms with Gasteiger partial charge in [0.2, 0.25) is 10.0 Å². The summed E-state index contributed by atoms with van der Waals surface area (Å²) in [5.41, 5.74) is 2.74. The van der Waals surface area contributed by atoms with Crippen LogP contribution in [0.5, 0.6) is 5.75 Å². The first-order chi connectivity index (χ1) is 14.3. The van der Waals surface area contributed by atoms with Crippen molar-refractivity contribution in [1.29, 1.82) is 0 Å². The van der Waals surface area contributed by atoms with Crippen molar-refractivity contribution in [3.63, 3.8) is 0 Å². The third kappa shape index (κ3) is 5.00. The maximum absolute atomic E-state index is 11.8. The summed E-state index contributed by atoms with van der Waals surface area (Å²) < 4.78 is 42.4. The fourth-order valence-corrected chi connectivity index (χ4v) is 4.82. The van der Waals surface area contributed by atoms with Gasteiger partial charge in [-0.25, -0.2) is 17.7 Å². The van der Waals surface area contributed by atoms with E-state index < -0.39 is 15.6 Å². The highest BCUT2D eigenvalue weighted by atomic mass is 32.2. The number of nitrogens with zero attached hydrogens (tertiary/aromatic N) is 2. The zero-order valence-corrected chi connectivity index (χ0v) is 17.9. The zero-order chi connectivity index (χ0) is 21.8. The predicted molar refractivity (Wildman–Crippen MR) is 108 cm³/mol. The molecule has 2 aliphatic heterocycles. The van der Waals surface area contributed by atoms with Crippen LogP contribution in [-0.4, -0.2) is 55.2 Å². The molecule has 1 aromatic carbocycles. The Balaban J connectivity index is 0.000000806. The smallest absolute Gasteiger partial charge is 0.290 e. The van der Waals surface area contributed by atoms with Crippen LogP contribution >= 0.6 is 0 Å². The van der Waals surface area contributed by atoms with Crippen molar-refractivity contribution in [2.24, 2.45) is 0 Å². The lowest BCUT2D eigenvalue weighted by Crippen LogP contribution is -2.48. The number of aryl methyl sites for hydroxylation is 1. The van der Waals surface area contributed by atoms with E-state index in [4.69, 9.17) is 23.8 Å². The van der Waals surface area contributed by atoms with Gasteiger partial charge in [-0.2, -0.15) is 0 Å². The Hall–Kier alpha value is -2.43. The minimum absolute atomic E-state index is 0.250. The van der Waals surface area contributed by atoms with Crippen molar-refractivity contribution in [3.8, 4) is 5.75 Å². The molecule has 9 nitrogen and oxygen atoms in total. The number of benzene rings is 1. The molecular formula is C20H26N2O7S. The molecule has 1 spiro atoms. The van der Waals surface area contributed by atoms with E-state index in [1.165, 1.54) is 16.1 Å². The van der Waals surface area contributed by atoms with Gasteiger partial charge in [0.25, 0.3) is 6.47 Å². The molecule has 4 rings (SSSR count). The molecule has 0 bridgehead atoms. The normalized spacial score (nSPS) is 18.2. The molecule has 0 unspecified atom stereocenters. The second-order valence-electron chi connectivity index (χ2n) is 7.33. The van der Waals surface area contributed by atoms with Gasteiger partial charge in [0.05, 0.1) is 18.5 Å². The van der Waals surface area contributed by atoms with E-state index in [0.717, 1.165) is 23.4 Å². The molecule has 1 N–H and O–H groups in total. The molecule has 0 amide bonds. The summed E-state index contributed by atoms with van der Waals surface area (Å²) in [7, 11) is -3.15. The Bertz CT molecular complexity index is 979. The second kappa shape index (κ2) is 9.15. The number of oxazole rings is 1. The van der Waals surface area contributed by atoms with E-state index >= 15 is 0 Å². The Morgan fingerprint density at radius 1 is 1.33 bits per heavy atom. The molecule has 0 atom stereocenters. The lowest BCUT2D eigenvalue weighted by Gasteiger charge is -2.44. The number of carboxylic acid groups (broad SMARTS) is 1. The standard InChI is InChI=1S/C19H24N2O5S.CH2O2/c1-14-20-16(12-24-14)13-25-17-3-4-18-15(11-17)5-10-26-19(18)6-8-21(9-7-19)27(2,22)23;2-1-3/h3-4,11-12H,5-10,13H2,1-2H3;1H,(H,2,3). The first kappa shape index (κ1) is 22.3. The molecule has 0 aliphatic carbocycles. The monoisotopic (exact) mass is 438 g/mol. The fourth-order valence-electron chi connectivity index (χ4n) is 3.97. The summed E-state index contributed by atoms with van der Waals surface area (Å²) in [4.78, 5) is 12.6. The van der Waals surface area contributed by atoms with Crippen LogP contribution in [0, 0.1) is 6.92 Å². The first-order valence-corrected chi connectivity index (χ1v) is 11.5. The molecule has 1 aromatic heterocycles. The summed E-state index contributed by atoms with van der Waals surface area (Å²) in [5, 5.41) is 6.89. The lowest BCUT2D eigenvalue weighted by molar-refractivity contribution is -0.122. The second-order valence-corrected chi connectivity index (χ2v) is 9.31. The van der Waals surface area contributed by atoms with Gasteiger partial charge < -0.3 is 19.0 Å². The largest absolute Gasteiger partial charge is 0.487 e. The molecule has 1 saturated heterocycles. The Labute approximate surface area is 175 Å². The van der Waals surface area contributed by atoms with Crippen LogP contribution < -0.4 is 4.74 Å². The number of piperidine rings is 1. The van der Waals surface area contributed by atoms with E-state index in [0.29, 0.717) is 45.0 Å². The van der Waals surface area contributed by atoms with Gasteiger partial charge in [0, 0.05) is 20.0 Å². The van der Waals surface area contributed by atoms with Gasteiger partial charge in [0.1, 0.15) is 24.3 Å². The summed E-state index contributed by atoms with van der Waals surface area (Å²) in [6.07, 6.45) is 5.04. The molecule has 0 saturated carbocycles. The summed E-state index contributed by atoms with van der Waals surface area (Å²) in [5.74, 6) is 1.42. The van der Waals surface area contributed by atoms with Crippen LogP contribution in [0.25, 0.3) is 0 Å². The molecular weight excluding hydrogens is 412 g/mol. The van der Waals surface area contributed by atoms with E-state index in [1.54, 1.807) is 13.2 Å². The number of fused-ring (bicyclic) bond motifs is 2. The number of carbonyl (C=O) groups is 1. The van der Waals surface area contributed by atoms with E-state index in [-0.39, 0.29) is 6.47 Å². The highest BCUT2D eigenvalue weighted by Gasteiger charge is 2.42. The number of aromatic nitrogens is 1. The van der Waals surface area contributed by atoms with Crippen molar-refractivity contribution < 1.29 is 32.2 Å². The zero-order valence-electron chi connectivity index (χ0n) is 17.0. The van der Waals surface area contributed by atoms with Crippen LogP contribution in [0.3, 0.4) is 0 Å². The highest BCUT2D eigenvalue weighted by Crippen LogP contribution is 2.42. The van der Waals surface area contributed by atoms with Crippen molar-refractivity contribution in [2.45, 2.75) is 38.4 Å². The number of rotatable bonds is 4. The first-order valence-electron chi connectivity index (χ1n) is 9.61. The maximum Gasteiger partial charge on any atom is 0.290 e. The molecule has 3 heterocycles. The summed E-state index contributed by atoms with van der Waals surface area (Å²) in [6, 6.07) is 6.08. The lowest BCUT2D eigenvalue weighted by atomic mass is 9.80. The van der Waals surface area contributed by atoms with Crippen molar-refractivity contribution in [3.05, 3.63) is 47.2 Å². The predicted octanol–water partition coefficient (Wildman–Crippen LogP) is 2.09. The molecule has 0 radical (unpaired) electrons. The SMILES string of the molecule is Cc1nc(COc2ccc3c(c2)CCOC32CCN(S(C)(=O)=O)CC2)co1.O=CO. The highest BCUT2D eigenvalue weighted by molar-refractivity contribution is 7.88. The number of hydrogen-bond donors (Lipinski definition) is 1. The van der Waals surface area contributed by atoms with Crippen LogP contribution in [0.2, 0.25) is 0 Å². The van der Waals surface area contributed by atoms with Gasteiger partial charge >= 0.3 is 0 Å². The number of ether oxygens (including phenoxy) is 2. The fraction of sp³-hybridized carbons (Fsp3) is 0.500. The molecule has 2 aliphatic rings. The maximum atomic E-state index is 11.8. The number of hydrogen-bond acceptors (Lipinski definition) is 7. The van der Waals surface area contributed by atoms with Gasteiger partial charge in [-0.3, -0.25) is 4.79 Å². The average molecular weight is 439 g/mol. The summed E-state index contributed by atoms with van der Waals surface area (Å²) in [6.45, 7) is 3.53. The molecule has 164 valence electrons. The van der Waals surface area contributed by atoms with Crippen molar-refractivity contribution >= 4 is 16.5 Å². The molecule has 10 heteroatoms. The Kier molecular flexibility index (Phi) is 6.79. The van der Waals surface area contributed by atoms with E-state index in [9.17, 15) is 8.42 Å². The van der Waals surface area contributed by atoms with Gasteiger partial charge in [-0.05, 0) is 42.5 Å². The van der Waals surface area contributed by atoms with Crippen LogP contribution in [-0.2, 0) is 38.2 Å². The molecule has 1 fully saturated rings. The topological polar surface area (TPSA) is 119 Å². The van der Waals surface area contributed by atoms with Crippen LogP contribution in [0.1, 0.15) is 35.6 Å². The summed E-state index contributed by atoms with van der Waals surface area (Å²) >= 11 is 0. The van der Waals surface area contributed by atoms with Crippen molar-refractivity contribution in [2.75, 3.05) is 26.0 Å². The van der Waals surface area contributed by atoms with Crippen LogP contribution in [0.15, 0.2) is 28.9 Å². The molecule has 30 heavy (non-hydrogen) atoms. The average Bonchev–Trinajstić information content (AvgIpc) is 3.12. The van der Waals surface area contributed by atoms with Crippen LogP contribution in [0.4, 0.5) is 0 Å². The van der Waals surface area contributed by atoms with Crippen molar-refractivity contribution in [1.82, 2.24) is 9.29 Å². The molecule has 2 aromatic rings. The quantitative estimate of drug-likeness (QED) is 0.721. The number of sulfonamides is 1. The van der Waals surface area contributed by atoms with E-state index in [2.05, 4.69) is 17.1 Å². The van der Waals surface area contributed by atoms with Gasteiger partial charge in [-0.1, -0.05) is 6.07 Å². The minimum Gasteiger partial charge on any atom is -0.487 e. The van der Waals surface area contributed by atoms with E-state index in [1.807, 2.05) is 6.07 Å². The third-order valence-electron chi connectivity index (χ3n) is 5.37. The minimum atomic E-state index is -3.15. The Morgan fingerprint density at radius 2 is 2.03 bits per heavy atom. The third-order valence-corrected chi connectivity index (χ3v) is 6.67. The Morgan fingerprint density at radius 3 is 2.63 bits per heavy atom. The van der Waals surface area contributed by atoms with Gasteiger partial charge in [0.15, 0.2) is 5.89 Å².